The molecule has 0 radical (unpaired) electrons. The standard InChI is InChI=1S/C17H23N5O3/c1-20-16-14(8-19-20)17(24)21(11-18-16)6-4-15(23)22(13-2-3-13)9-12-5-7-25-10-12/h8,11-13H,2-7,9-10H2,1H3/t12-/m1/s1. The van der Waals surface area contributed by atoms with E-state index in [4.69, 9.17) is 4.74 Å². The maximum absolute atomic E-state index is 12.7. The summed E-state index contributed by atoms with van der Waals surface area (Å²) in [5.41, 5.74) is 0.418. The lowest BCUT2D eigenvalue weighted by Gasteiger charge is -2.25. The molecule has 0 aromatic carbocycles. The van der Waals surface area contributed by atoms with Gasteiger partial charge in [0.25, 0.3) is 5.56 Å². The minimum Gasteiger partial charge on any atom is -0.381 e. The third kappa shape index (κ3) is 3.30. The molecule has 2 aromatic rings. The summed E-state index contributed by atoms with van der Waals surface area (Å²) in [7, 11) is 1.75. The second kappa shape index (κ2) is 6.59. The van der Waals surface area contributed by atoms with Crippen LogP contribution in [0.1, 0.15) is 25.7 Å². The number of carbonyl (C=O) groups is 1. The minimum atomic E-state index is -0.145. The van der Waals surface area contributed by atoms with Gasteiger partial charge in [-0.1, -0.05) is 0 Å². The lowest BCUT2D eigenvalue weighted by molar-refractivity contribution is -0.132. The van der Waals surface area contributed by atoms with E-state index in [9.17, 15) is 9.59 Å². The minimum absolute atomic E-state index is 0.118. The number of rotatable bonds is 6. The smallest absolute Gasteiger partial charge is 0.264 e. The zero-order chi connectivity index (χ0) is 17.4. The average molecular weight is 345 g/mol. The predicted octanol–water partition coefficient (Wildman–Crippen LogP) is 0.548. The second-order valence-corrected chi connectivity index (χ2v) is 7.01. The Kier molecular flexibility index (Phi) is 4.29. The Hall–Kier alpha value is -2.22. The van der Waals surface area contributed by atoms with Crippen molar-refractivity contribution in [2.45, 2.75) is 38.3 Å². The fraction of sp³-hybridized carbons (Fsp3) is 0.647. The number of hydrogen-bond donors (Lipinski definition) is 0. The number of aromatic nitrogens is 4. The van der Waals surface area contributed by atoms with Crippen LogP contribution in [0.4, 0.5) is 0 Å². The number of ether oxygens (including phenoxy) is 1. The van der Waals surface area contributed by atoms with E-state index in [0.29, 0.717) is 36.0 Å². The molecule has 1 saturated carbocycles. The summed E-state index contributed by atoms with van der Waals surface area (Å²) in [5, 5.41) is 4.55. The SMILES string of the molecule is Cn1ncc2c(=O)n(CCC(=O)N(C[C@H]3CCOC3)C3CC3)cnc21. The zero-order valence-corrected chi connectivity index (χ0v) is 14.4. The quantitative estimate of drug-likeness (QED) is 0.763. The van der Waals surface area contributed by atoms with Gasteiger partial charge in [0.15, 0.2) is 5.65 Å². The van der Waals surface area contributed by atoms with E-state index < -0.39 is 0 Å². The lowest BCUT2D eigenvalue weighted by Crippen LogP contribution is -2.38. The normalized spacial score (nSPS) is 20.3. The molecule has 2 fully saturated rings. The Morgan fingerprint density at radius 3 is 2.96 bits per heavy atom. The summed E-state index contributed by atoms with van der Waals surface area (Å²) in [5.74, 6) is 0.563. The number of nitrogens with zero attached hydrogens (tertiary/aromatic N) is 5. The van der Waals surface area contributed by atoms with Crippen LogP contribution < -0.4 is 5.56 Å². The molecule has 8 nitrogen and oxygen atoms in total. The van der Waals surface area contributed by atoms with Gasteiger partial charge in [0.2, 0.25) is 5.91 Å². The van der Waals surface area contributed by atoms with E-state index in [2.05, 4.69) is 10.1 Å². The van der Waals surface area contributed by atoms with E-state index in [1.165, 1.54) is 17.1 Å². The fourth-order valence-electron chi connectivity index (χ4n) is 3.43. The molecule has 1 saturated heterocycles. The highest BCUT2D eigenvalue weighted by Crippen LogP contribution is 2.29. The first kappa shape index (κ1) is 16.3. The Morgan fingerprint density at radius 2 is 2.24 bits per heavy atom. The molecule has 1 atom stereocenters. The first-order valence-electron chi connectivity index (χ1n) is 8.88. The third-order valence-corrected chi connectivity index (χ3v) is 5.07. The van der Waals surface area contributed by atoms with Gasteiger partial charge >= 0.3 is 0 Å². The number of amides is 1. The molecular formula is C17H23N5O3. The molecule has 8 heteroatoms. The molecule has 134 valence electrons. The van der Waals surface area contributed by atoms with E-state index in [0.717, 1.165) is 39.0 Å². The maximum Gasteiger partial charge on any atom is 0.264 e. The first-order chi connectivity index (χ1) is 12.1. The summed E-state index contributed by atoms with van der Waals surface area (Å²) in [6.07, 6.45) is 6.55. The van der Waals surface area contributed by atoms with Gasteiger partial charge in [-0.05, 0) is 19.3 Å². The number of carbonyl (C=O) groups excluding carboxylic acids is 1. The van der Waals surface area contributed by atoms with Crippen LogP contribution in [0, 0.1) is 5.92 Å². The highest BCUT2D eigenvalue weighted by molar-refractivity contribution is 5.77. The largest absolute Gasteiger partial charge is 0.381 e. The van der Waals surface area contributed by atoms with Crippen LogP contribution in [0.2, 0.25) is 0 Å². The first-order valence-corrected chi connectivity index (χ1v) is 8.88. The van der Waals surface area contributed by atoms with Crippen molar-refractivity contribution in [3.63, 3.8) is 0 Å². The van der Waals surface area contributed by atoms with Crippen molar-refractivity contribution in [1.29, 1.82) is 0 Å². The zero-order valence-electron chi connectivity index (χ0n) is 14.4. The molecule has 1 aliphatic heterocycles. The fourth-order valence-corrected chi connectivity index (χ4v) is 3.43. The van der Waals surface area contributed by atoms with Crippen molar-refractivity contribution < 1.29 is 9.53 Å². The van der Waals surface area contributed by atoms with Crippen molar-refractivity contribution in [2.24, 2.45) is 13.0 Å². The predicted molar refractivity (Wildman–Crippen MR) is 91.0 cm³/mol. The van der Waals surface area contributed by atoms with E-state index in [1.54, 1.807) is 11.7 Å². The molecule has 1 amide bonds. The third-order valence-electron chi connectivity index (χ3n) is 5.07. The Bertz CT molecular complexity index is 832. The van der Waals surface area contributed by atoms with Crippen LogP contribution in [0.3, 0.4) is 0 Å². The van der Waals surface area contributed by atoms with Crippen LogP contribution in [0.25, 0.3) is 11.0 Å². The molecule has 0 bridgehead atoms. The average Bonchev–Trinajstić information content (AvgIpc) is 3.18. The summed E-state index contributed by atoms with van der Waals surface area (Å²) < 4.78 is 8.51. The van der Waals surface area contributed by atoms with Crippen LogP contribution >= 0.6 is 0 Å². The summed E-state index contributed by atoms with van der Waals surface area (Å²) >= 11 is 0. The van der Waals surface area contributed by atoms with Gasteiger partial charge in [-0.2, -0.15) is 5.10 Å². The monoisotopic (exact) mass is 345 g/mol. The molecule has 4 rings (SSSR count). The van der Waals surface area contributed by atoms with E-state index in [-0.39, 0.29) is 11.5 Å². The Morgan fingerprint density at radius 1 is 1.40 bits per heavy atom. The van der Waals surface area contributed by atoms with Crippen molar-refractivity contribution in [3.8, 4) is 0 Å². The number of fused-ring (bicyclic) bond motifs is 1. The van der Waals surface area contributed by atoms with E-state index >= 15 is 0 Å². The molecular weight excluding hydrogens is 322 g/mol. The van der Waals surface area contributed by atoms with Gasteiger partial charge in [0.05, 0.1) is 19.1 Å². The molecule has 0 spiro atoms. The van der Waals surface area contributed by atoms with Crippen molar-refractivity contribution >= 4 is 16.9 Å². The van der Waals surface area contributed by atoms with Gasteiger partial charge in [0.1, 0.15) is 5.39 Å². The topological polar surface area (TPSA) is 82.2 Å². The molecule has 25 heavy (non-hydrogen) atoms. The molecule has 0 N–H and O–H groups in total. The summed E-state index contributed by atoms with van der Waals surface area (Å²) in [6, 6.07) is 0.378. The van der Waals surface area contributed by atoms with E-state index in [1.807, 2.05) is 4.90 Å². The molecule has 0 unspecified atom stereocenters. The van der Waals surface area contributed by atoms with Crippen LogP contribution in [0.5, 0.6) is 0 Å². The van der Waals surface area contributed by atoms with Gasteiger partial charge < -0.3 is 9.64 Å². The van der Waals surface area contributed by atoms with Crippen molar-refractivity contribution in [1.82, 2.24) is 24.2 Å². The number of hydrogen-bond acceptors (Lipinski definition) is 5. The summed E-state index contributed by atoms with van der Waals surface area (Å²) in [4.78, 5) is 31.5. The van der Waals surface area contributed by atoms with Crippen molar-refractivity contribution in [3.05, 3.63) is 22.9 Å². The van der Waals surface area contributed by atoms with Gasteiger partial charge in [0, 0.05) is 45.1 Å². The highest BCUT2D eigenvalue weighted by Gasteiger charge is 2.34. The van der Waals surface area contributed by atoms with Gasteiger partial charge in [-0.3, -0.25) is 18.8 Å². The second-order valence-electron chi connectivity index (χ2n) is 7.01. The van der Waals surface area contributed by atoms with Gasteiger partial charge in [-0.25, -0.2) is 4.98 Å². The molecule has 2 aromatic heterocycles. The maximum atomic E-state index is 12.7. The molecule has 2 aliphatic rings. The van der Waals surface area contributed by atoms with Crippen LogP contribution in [0.15, 0.2) is 17.3 Å². The Labute approximate surface area is 145 Å². The summed E-state index contributed by atoms with van der Waals surface area (Å²) in [6.45, 7) is 2.67. The van der Waals surface area contributed by atoms with Crippen LogP contribution in [-0.4, -0.2) is 55.9 Å². The lowest BCUT2D eigenvalue weighted by atomic mass is 10.1. The molecule has 1 aliphatic carbocycles. The molecule has 3 heterocycles. The van der Waals surface area contributed by atoms with Crippen LogP contribution in [-0.2, 0) is 23.1 Å². The highest BCUT2D eigenvalue weighted by atomic mass is 16.5. The Balaban J connectivity index is 1.43. The van der Waals surface area contributed by atoms with Gasteiger partial charge in [-0.15, -0.1) is 0 Å². The number of aryl methyl sites for hydroxylation is 2. The van der Waals surface area contributed by atoms with Crippen molar-refractivity contribution in [2.75, 3.05) is 19.8 Å².